The summed E-state index contributed by atoms with van der Waals surface area (Å²) >= 11 is 2.16. The number of rotatable bonds is 5. The monoisotopic (exact) mass is 310 g/mol. The minimum Gasteiger partial charge on any atom is -0.313 e. The summed E-state index contributed by atoms with van der Waals surface area (Å²) < 4.78 is 0.448. The van der Waals surface area contributed by atoms with E-state index in [0.717, 1.165) is 12.0 Å². The Hall–Kier alpha value is 0.270. The zero-order valence-electron chi connectivity index (χ0n) is 14.3. The molecule has 0 aromatic heterocycles. The zero-order valence-corrected chi connectivity index (χ0v) is 15.1. The molecule has 0 radical (unpaired) electrons. The molecule has 1 aliphatic heterocycles. The summed E-state index contributed by atoms with van der Waals surface area (Å²) in [7, 11) is 0. The molecule has 1 saturated heterocycles. The minimum atomic E-state index is 0.448. The molecule has 1 N–H and O–H groups in total. The van der Waals surface area contributed by atoms with Crippen LogP contribution in [0.3, 0.4) is 0 Å². The second-order valence-electron chi connectivity index (χ2n) is 8.68. The van der Waals surface area contributed by atoms with Gasteiger partial charge in [0.1, 0.15) is 0 Å². The molecule has 3 rings (SSSR count). The third-order valence-corrected chi connectivity index (χ3v) is 6.89. The smallest absolute Gasteiger partial charge is 0.0231 e. The molecule has 0 bridgehead atoms. The van der Waals surface area contributed by atoms with Crippen molar-refractivity contribution in [3.05, 3.63) is 0 Å². The van der Waals surface area contributed by atoms with Gasteiger partial charge < -0.3 is 10.2 Å². The highest BCUT2D eigenvalue weighted by atomic mass is 32.2. The third-order valence-electron chi connectivity index (χ3n) is 5.59. The fourth-order valence-electron chi connectivity index (χ4n) is 4.50. The van der Waals surface area contributed by atoms with Crippen LogP contribution in [0.25, 0.3) is 0 Å². The average Bonchev–Trinajstić information content (AvgIpc) is 3.19. The van der Waals surface area contributed by atoms with Crippen molar-refractivity contribution in [2.75, 3.05) is 31.9 Å². The second-order valence-corrected chi connectivity index (χ2v) is 10.5. The molecule has 2 atom stereocenters. The number of nitrogens with zero attached hydrogens (tertiary/aromatic N) is 1. The Morgan fingerprint density at radius 2 is 2.05 bits per heavy atom. The summed E-state index contributed by atoms with van der Waals surface area (Å²) in [6.07, 6.45) is 8.61. The van der Waals surface area contributed by atoms with Gasteiger partial charge in [0.05, 0.1) is 0 Å². The first-order chi connectivity index (χ1) is 9.96. The highest BCUT2D eigenvalue weighted by Crippen LogP contribution is 2.41. The van der Waals surface area contributed by atoms with Crippen molar-refractivity contribution in [1.82, 2.24) is 10.2 Å². The molecule has 21 heavy (non-hydrogen) atoms. The van der Waals surface area contributed by atoms with Crippen molar-refractivity contribution >= 4 is 11.8 Å². The van der Waals surface area contributed by atoms with Gasteiger partial charge in [0.25, 0.3) is 0 Å². The lowest BCUT2D eigenvalue weighted by Crippen LogP contribution is -2.52. The lowest BCUT2D eigenvalue weighted by Gasteiger charge is -2.47. The predicted molar refractivity (Wildman–Crippen MR) is 94.1 cm³/mol. The molecule has 2 unspecified atom stereocenters. The van der Waals surface area contributed by atoms with Gasteiger partial charge in [-0.05, 0) is 50.9 Å². The van der Waals surface area contributed by atoms with E-state index in [0.29, 0.717) is 10.2 Å². The summed E-state index contributed by atoms with van der Waals surface area (Å²) in [5.41, 5.74) is 0.554. The standard InChI is InChI=1S/C18H34N2S/c1-15-5-4-8-18(11-15,12-19-16-6-7-16)14-20-9-10-21-17(2,3)13-20/h15-16,19H,4-14H2,1-3H3. The van der Waals surface area contributed by atoms with Gasteiger partial charge in [0, 0.05) is 42.7 Å². The maximum atomic E-state index is 3.87. The fourth-order valence-corrected chi connectivity index (χ4v) is 5.68. The van der Waals surface area contributed by atoms with E-state index in [2.05, 4.69) is 42.7 Å². The van der Waals surface area contributed by atoms with Gasteiger partial charge in [0.15, 0.2) is 0 Å². The molecule has 3 fully saturated rings. The molecule has 0 amide bonds. The molecule has 3 aliphatic rings. The molecule has 2 saturated carbocycles. The number of nitrogens with one attached hydrogen (secondary N) is 1. The van der Waals surface area contributed by atoms with E-state index in [1.807, 2.05) is 0 Å². The first kappa shape index (κ1) is 16.1. The van der Waals surface area contributed by atoms with Crippen molar-refractivity contribution < 1.29 is 0 Å². The normalized spacial score (nSPS) is 37.6. The Kier molecular flexibility index (Phi) is 4.93. The fraction of sp³-hybridized carbons (Fsp3) is 1.00. The van der Waals surface area contributed by atoms with E-state index in [4.69, 9.17) is 0 Å². The predicted octanol–water partition coefficient (Wildman–Crippen LogP) is 3.76. The SMILES string of the molecule is CC1CCCC(CNC2CC2)(CN2CCSC(C)(C)C2)C1. The van der Waals surface area contributed by atoms with Crippen LogP contribution in [-0.2, 0) is 0 Å². The van der Waals surface area contributed by atoms with Crippen molar-refractivity contribution in [2.24, 2.45) is 11.3 Å². The lowest BCUT2D eigenvalue weighted by molar-refractivity contribution is 0.0772. The van der Waals surface area contributed by atoms with E-state index in [1.165, 1.54) is 70.5 Å². The Balaban J connectivity index is 1.62. The molecular formula is C18H34N2S. The average molecular weight is 311 g/mol. The van der Waals surface area contributed by atoms with Gasteiger partial charge in [-0.3, -0.25) is 0 Å². The quantitative estimate of drug-likeness (QED) is 0.832. The van der Waals surface area contributed by atoms with Crippen LogP contribution in [-0.4, -0.2) is 47.6 Å². The molecule has 2 nitrogen and oxygen atoms in total. The molecule has 2 aliphatic carbocycles. The summed E-state index contributed by atoms with van der Waals surface area (Å²) in [5.74, 6) is 2.24. The highest BCUT2D eigenvalue weighted by Gasteiger charge is 2.39. The van der Waals surface area contributed by atoms with Crippen LogP contribution in [0.4, 0.5) is 0 Å². The van der Waals surface area contributed by atoms with Crippen LogP contribution in [0.2, 0.25) is 0 Å². The van der Waals surface area contributed by atoms with Crippen LogP contribution in [0, 0.1) is 11.3 Å². The number of hydrogen-bond donors (Lipinski definition) is 1. The van der Waals surface area contributed by atoms with Crippen LogP contribution in [0.5, 0.6) is 0 Å². The van der Waals surface area contributed by atoms with E-state index in [-0.39, 0.29) is 0 Å². The first-order valence-corrected chi connectivity index (χ1v) is 10.0. The molecule has 0 aromatic carbocycles. The molecular weight excluding hydrogens is 276 g/mol. The zero-order chi connectivity index (χ0) is 14.9. The Bertz CT molecular complexity index is 353. The van der Waals surface area contributed by atoms with Gasteiger partial charge in [-0.1, -0.05) is 19.8 Å². The maximum Gasteiger partial charge on any atom is 0.0231 e. The summed E-state index contributed by atoms with van der Waals surface area (Å²) in [4.78, 5) is 2.78. The van der Waals surface area contributed by atoms with E-state index >= 15 is 0 Å². The maximum absolute atomic E-state index is 3.87. The van der Waals surface area contributed by atoms with Gasteiger partial charge in [0.2, 0.25) is 0 Å². The van der Waals surface area contributed by atoms with E-state index < -0.39 is 0 Å². The number of hydrogen-bond acceptors (Lipinski definition) is 3. The van der Waals surface area contributed by atoms with Crippen molar-refractivity contribution in [2.45, 2.75) is 70.1 Å². The Morgan fingerprint density at radius 1 is 1.24 bits per heavy atom. The van der Waals surface area contributed by atoms with Crippen LogP contribution >= 0.6 is 11.8 Å². The van der Waals surface area contributed by atoms with Crippen LogP contribution in [0.15, 0.2) is 0 Å². The number of thioether (sulfide) groups is 1. The Labute approximate surface area is 135 Å². The van der Waals surface area contributed by atoms with Crippen molar-refractivity contribution in [3.8, 4) is 0 Å². The first-order valence-electron chi connectivity index (χ1n) is 9.06. The largest absolute Gasteiger partial charge is 0.313 e. The molecule has 122 valence electrons. The summed E-state index contributed by atoms with van der Waals surface area (Å²) in [5, 5.41) is 3.87. The second kappa shape index (κ2) is 6.41. The van der Waals surface area contributed by atoms with Gasteiger partial charge in [-0.25, -0.2) is 0 Å². The van der Waals surface area contributed by atoms with Crippen LogP contribution < -0.4 is 5.32 Å². The highest BCUT2D eigenvalue weighted by molar-refractivity contribution is 8.00. The van der Waals surface area contributed by atoms with E-state index in [9.17, 15) is 0 Å². The van der Waals surface area contributed by atoms with Gasteiger partial charge in [-0.15, -0.1) is 0 Å². The van der Waals surface area contributed by atoms with Gasteiger partial charge >= 0.3 is 0 Å². The molecule has 3 heteroatoms. The minimum absolute atomic E-state index is 0.448. The molecule has 0 spiro atoms. The summed E-state index contributed by atoms with van der Waals surface area (Å²) in [6, 6.07) is 0.854. The molecule has 0 aromatic rings. The lowest BCUT2D eigenvalue weighted by atomic mass is 9.69. The van der Waals surface area contributed by atoms with Crippen molar-refractivity contribution in [3.63, 3.8) is 0 Å². The van der Waals surface area contributed by atoms with Gasteiger partial charge in [-0.2, -0.15) is 11.8 Å². The summed E-state index contributed by atoms with van der Waals surface area (Å²) in [6.45, 7) is 12.5. The van der Waals surface area contributed by atoms with Crippen LogP contribution in [0.1, 0.15) is 59.3 Å². The molecule has 1 heterocycles. The topological polar surface area (TPSA) is 15.3 Å². The van der Waals surface area contributed by atoms with Crippen molar-refractivity contribution in [1.29, 1.82) is 0 Å². The Morgan fingerprint density at radius 3 is 2.71 bits per heavy atom. The van der Waals surface area contributed by atoms with E-state index in [1.54, 1.807) is 0 Å². The third kappa shape index (κ3) is 4.62.